The Balaban J connectivity index is 1.59. The average Bonchev–Trinajstić information content (AvgIpc) is 2.58. The van der Waals surface area contributed by atoms with Crippen LogP contribution < -0.4 is 0 Å². The predicted molar refractivity (Wildman–Crippen MR) is 79.6 cm³/mol. The zero-order valence-corrected chi connectivity index (χ0v) is 11.9. The molecule has 4 rings (SSSR count). The third-order valence-electron chi connectivity index (χ3n) is 3.75. The van der Waals surface area contributed by atoms with Gasteiger partial charge in [-0.1, -0.05) is 24.3 Å². The average molecular weight is 314 g/mol. The largest absolute Gasteiger partial charge is 0.467 e. The number of benzene rings is 2. The van der Waals surface area contributed by atoms with Crippen LogP contribution in [0.2, 0.25) is 0 Å². The summed E-state index contributed by atoms with van der Waals surface area (Å²) in [4.78, 5) is 0. The van der Waals surface area contributed by atoms with Crippen LogP contribution in [-0.4, -0.2) is 12.6 Å². The Morgan fingerprint density at radius 1 is 0.609 bits per heavy atom. The quantitative estimate of drug-likeness (QED) is 0.836. The van der Waals surface area contributed by atoms with E-state index in [1.165, 1.54) is 24.3 Å². The van der Waals surface area contributed by atoms with Crippen LogP contribution in [0.5, 0.6) is 0 Å². The maximum atomic E-state index is 13.0. The van der Waals surface area contributed by atoms with E-state index >= 15 is 0 Å². The Morgan fingerprint density at radius 2 is 1.00 bits per heavy atom. The summed E-state index contributed by atoms with van der Waals surface area (Å²) in [6.45, 7) is 0. The molecule has 3 nitrogen and oxygen atoms in total. The van der Waals surface area contributed by atoms with Gasteiger partial charge in [0, 0.05) is 0 Å². The van der Waals surface area contributed by atoms with E-state index in [2.05, 4.69) is 0 Å². The third-order valence-corrected chi connectivity index (χ3v) is 3.75. The molecule has 0 saturated carbocycles. The van der Waals surface area contributed by atoms with Crippen molar-refractivity contribution in [3.63, 3.8) is 0 Å². The molecule has 5 heteroatoms. The highest BCUT2D eigenvalue weighted by Gasteiger charge is 2.34. The number of hydrogen-bond donors (Lipinski definition) is 0. The number of halogens is 2. The van der Waals surface area contributed by atoms with Crippen molar-refractivity contribution in [3.8, 4) is 0 Å². The minimum absolute atomic E-state index is 0.312. The van der Waals surface area contributed by atoms with Crippen LogP contribution in [0.25, 0.3) is 11.1 Å². The zero-order valence-electron chi connectivity index (χ0n) is 11.9. The highest BCUT2D eigenvalue weighted by atomic mass is 19.1. The van der Waals surface area contributed by atoms with Crippen molar-refractivity contribution in [2.45, 2.75) is 12.6 Å². The van der Waals surface area contributed by atoms with Crippen molar-refractivity contribution in [2.75, 3.05) is 0 Å². The smallest absolute Gasteiger partial charge is 0.233 e. The summed E-state index contributed by atoms with van der Waals surface area (Å²) in [5.74, 6) is -0.624. The fourth-order valence-corrected chi connectivity index (χ4v) is 2.54. The van der Waals surface area contributed by atoms with Crippen molar-refractivity contribution in [1.82, 2.24) is 0 Å². The van der Waals surface area contributed by atoms with Crippen molar-refractivity contribution in [2.24, 2.45) is 0 Å². The normalized spacial score (nSPS) is 22.5. The topological polar surface area (TPSA) is 27.7 Å². The molecule has 2 aliphatic heterocycles. The minimum atomic E-state index is -0.622. The molecule has 2 bridgehead atoms. The van der Waals surface area contributed by atoms with Gasteiger partial charge in [-0.15, -0.1) is 0 Å². The molecule has 0 saturated heterocycles. The van der Waals surface area contributed by atoms with E-state index in [4.69, 9.17) is 14.2 Å². The van der Waals surface area contributed by atoms with Gasteiger partial charge in [-0.25, -0.2) is 8.78 Å². The highest BCUT2D eigenvalue weighted by molar-refractivity contribution is 5.72. The molecule has 0 aromatic heterocycles. The van der Waals surface area contributed by atoms with E-state index in [1.54, 1.807) is 36.8 Å². The van der Waals surface area contributed by atoms with E-state index in [0.717, 1.165) is 11.1 Å². The summed E-state index contributed by atoms with van der Waals surface area (Å²) in [6.07, 6.45) is 1.87. The second-order valence-corrected chi connectivity index (χ2v) is 5.23. The Bertz CT molecular complexity index is 711. The second kappa shape index (κ2) is 5.52. The van der Waals surface area contributed by atoms with Crippen molar-refractivity contribution in [1.29, 1.82) is 0 Å². The Hall–Kier alpha value is -2.66. The molecular weight excluding hydrogens is 302 g/mol. The molecule has 116 valence electrons. The molecular formula is C18H12F2O3. The molecule has 2 aromatic rings. The summed E-state index contributed by atoms with van der Waals surface area (Å²) in [7, 11) is 0. The highest BCUT2D eigenvalue weighted by Crippen LogP contribution is 2.36. The Morgan fingerprint density at radius 3 is 1.39 bits per heavy atom. The van der Waals surface area contributed by atoms with E-state index in [-0.39, 0.29) is 11.6 Å². The van der Waals surface area contributed by atoms with Gasteiger partial charge in [-0.3, -0.25) is 4.74 Å². The van der Waals surface area contributed by atoms with Crippen LogP contribution in [0, 0.1) is 11.6 Å². The molecule has 23 heavy (non-hydrogen) atoms. The molecule has 0 fully saturated rings. The molecule has 0 amide bonds. The fourth-order valence-electron chi connectivity index (χ4n) is 2.54. The first-order valence-electron chi connectivity index (χ1n) is 7.09. The summed E-state index contributed by atoms with van der Waals surface area (Å²) < 4.78 is 43.0. The third kappa shape index (κ3) is 2.59. The lowest BCUT2D eigenvalue weighted by Gasteiger charge is -2.35. The van der Waals surface area contributed by atoms with E-state index in [0.29, 0.717) is 11.1 Å². The van der Waals surface area contributed by atoms with Crippen molar-refractivity contribution < 1.29 is 23.0 Å². The molecule has 0 unspecified atom stereocenters. The van der Waals surface area contributed by atoms with Gasteiger partial charge in [0.25, 0.3) is 0 Å². The van der Waals surface area contributed by atoms with Gasteiger partial charge < -0.3 is 9.47 Å². The second-order valence-electron chi connectivity index (χ2n) is 5.23. The van der Waals surface area contributed by atoms with Gasteiger partial charge in [0.05, 0.1) is 23.7 Å². The van der Waals surface area contributed by atoms with Crippen LogP contribution in [0.3, 0.4) is 0 Å². The first-order chi connectivity index (χ1) is 11.2. The fraction of sp³-hybridized carbons (Fsp3) is 0.111. The van der Waals surface area contributed by atoms with E-state index < -0.39 is 12.6 Å². The van der Waals surface area contributed by atoms with Crippen LogP contribution in [0.4, 0.5) is 8.78 Å². The van der Waals surface area contributed by atoms with Crippen molar-refractivity contribution >= 4 is 11.1 Å². The van der Waals surface area contributed by atoms with Gasteiger partial charge in [-0.05, 0) is 35.4 Å². The molecule has 0 radical (unpaired) electrons. The van der Waals surface area contributed by atoms with Crippen LogP contribution in [-0.2, 0) is 14.2 Å². The number of rotatable bonds is 2. The lowest BCUT2D eigenvalue weighted by Crippen LogP contribution is -2.34. The van der Waals surface area contributed by atoms with Gasteiger partial charge >= 0.3 is 0 Å². The molecule has 2 atom stereocenters. The van der Waals surface area contributed by atoms with Gasteiger partial charge in [0.2, 0.25) is 12.6 Å². The molecule has 2 aromatic carbocycles. The maximum Gasteiger partial charge on any atom is 0.233 e. The van der Waals surface area contributed by atoms with E-state index in [1.807, 2.05) is 0 Å². The zero-order chi connectivity index (χ0) is 15.8. The van der Waals surface area contributed by atoms with Gasteiger partial charge in [0.15, 0.2) is 0 Å². The van der Waals surface area contributed by atoms with Gasteiger partial charge in [0.1, 0.15) is 11.6 Å². The Kier molecular flexibility index (Phi) is 3.35. The van der Waals surface area contributed by atoms with Crippen LogP contribution >= 0.6 is 0 Å². The lowest BCUT2D eigenvalue weighted by atomic mass is 10.0. The monoisotopic (exact) mass is 314 g/mol. The summed E-state index contributed by atoms with van der Waals surface area (Å²) in [5, 5.41) is 0. The standard InChI is InChI=1S/C18H12F2O3/c19-13-5-1-11(2-6-13)15-9-21-18-16(10-22-17(15)23-18)12-3-7-14(20)8-4-12/h1-10,17-18H/t17-,18-/m1/s1. The lowest BCUT2D eigenvalue weighted by molar-refractivity contribution is -0.187. The summed E-state index contributed by atoms with van der Waals surface area (Å²) in [6, 6.07) is 12.0. The molecule has 0 spiro atoms. The summed E-state index contributed by atoms with van der Waals surface area (Å²) in [5.41, 5.74) is 2.87. The van der Waals surface area contributed by atoms with Crippen LogP contribution in [0.1, 0.15) is 11.1 Å². The number of hydrogen-bond acceptors (Lipinski definition) is 3. The molecule has 2 aliphatic rings. The van der Waals surface area contributed by atoms with Crippen molar-refractivity contribution in [3.05, 3.63) is 83.8 Å². The predicted octanol–water partition coefficient (Wildman–Crippen LogP) is 4.08. The van der Waals surface area contributed by atoms with Gasteiger partial charge in [-0.2, -0.15) is 0 Å². The molecule has 0 N–H and O–H groups in total. The number of ether oxygens (including phenoxy) is 3. The SMILES string of the molecule is Fc1ccc(C2=CO[C@@H]3O[C@H]2OC=C3c2ccc(F)cc2)cc1. The molecule has 0 aliphatic carbocycles. The first kappa shape index (κ1) is 14.0. The van der Waals surface area contributed by atoms with Crippen LogP contribution in [0.15, 0.2) is 61.1 Å². The molecule has 2 heterocycles. The Labute approximate surface area is 131 Å². The number of fused-ring (bicyclic) bond motifs is 2. The van der Waals surface area contributed by atoms with E-state index in [9.17, 15) is 8.78 Å². The first-order valence-corrected chi connectivity index (χ1v) is 7.09. The summed E-state index contributed by atoms with van der Waals surface area (Å²) >= 11 is 0. The maximum absolute atomic E-state index is 13.0. The minimum Gasteiger partial charge on any atom is -0.467 e.